The number of unbranched alkanes of at least 4 members (excludes halogenated alkanes) is 11. The van der Waals surface area contributed by atoms with Gasteiger partial charge in [0, 0.05) is 11.6 Å². The molecule has 0 N–H and O–H groups in total. The van der Waals surface area contributed by atoms with Gasteiger partial charge in [-0.15, -0.1) is 0 Å². The summed E-state index contributed by atoms with van der Waals surface area (Å²) >= 11 is 0. The van der Waals surface area contributed by atoms with Crippen LogP contribution >= 0.6 is 0 Å². The van der Waals surface area contributed by atoms with Crippen molar-refractivity contribution in [2.45, 2.75) is 118 Å². The standard InChI is InChI=1S/C14H26O2.C13H24O2/c1-4-5-6-7-8-9-10-11-12-16-14(15)13(2)3;1-4-13(14)15-11-9-7-5-6-8-10-12(2)3/h2,4-12H2,1,3H3;4,12H,1,5-11H2,2-3H3. The zero-order chi connectivity index (χ0) is 23.7. The zero-order valence-electron chi connectivity index (χ0n) is 21.0. The highest BCUT2D eigenvalue weighted by Crippen LogP contribution is 2.10. The van der Waals surface area contributed by atoms with Gasteiger partial charge in [0.25, 0.3) is 0 Å². The minimum absolute atomic E-state index is 0.261. The van der Waals surface area contributed by atoms with Crippen LogP contribution in [0.2, 0.25) is 0 Å². The van der Waals surface area contributed by atoms with Crippen LogP contribution in [0, 0.1) is 5.92 Å². The van der Waals surface area contributed by atoms with Crippen molar-refractivity contribution < 1.29 is 19.1 Å². The van der Waals surface area contributed by atoms with Gasteiger partial charge in [-0.25, -0.2) is 9.59 Å². The zero-order valence-corrected chi connectivity index (χ0v) is 21.0. The summed E-state index contributed by atoms with van der Waals surface area (Å²) in [5.74, 6) is 0.247. The van der Waals surface area contributed by atoms with Gasteiger partial charge in [0.1, 0.15) is 0 Å². The number of ether oxygens (including phenoxy) is 2. The number of rotatable bonds is 19. The maximum atomic E-state index is 11.0. The van der Waals surface area contributed by atoms with E-state index in [0.717, 1.165) is 31.6 Å². The molecule has 0 aliphatic rings. The van der Waals surface area contributed by atoms with Crippen molar-refractivity contribution in [1.29, 1.82) is 0 Å². The van der Waals surface area contributed by atoms with Crippen molar-refractivity contribution in [3.8, 4) is 0 Å². The molecule has 0 saturated carbocycles. The van der Waals surface area contributed by atoms with Crippen LogP contribution in [0.4, 0.5) is 0 Å². The summed E-state index contributed by atoms with van der Waals surface area (Å²) in [6, 6.07) is 0. The molecule has 0 aromatic rings. The van der Waals surface area contributed by atoms with Gasteiger partial charge < -0.3 is 9.47 Å². The molecular weight excluding hydrogens is 388 g/mol. The Morgan fingerprint density at radius 2 is 1.23 bits per heavy atom. The lowest BCUT2D eigenvalue weighted by molar-refractivity contribution is -0.139. The van der Waals surface area contributed by atoms with E-state index in [2.05, 4.69) is 33.9 Å². The van der Waals surface area contributed by atoms with Gasteiger partial charge in [0.05, 0.1) is 13.2 Å². The summed E-state index contributed by atoms with van der Waals surface area (Å²) in [4.78, 5) is 21.7. The van der Waals surface area contributed by atoms with E-state index in [0.29, 0.717) is 18.8 Å². The molecule has 0 aromatic carbocycles. The van der Waals surface area contributed by atoms with Crippen LogP contribution in [0.25, 0.3) is 0 Å². The Balaban J connectivity index is 0. The highest BCUT2D eigenvalue weighted by atomic mass is 16.5. The lowest BCUT2D eigenvalue weighted by Gasteiger charge is -2.04. The summed E-state index contributed by atoms with van der Waals surface area (Å²) in [6.45, 7) is 16.4. The summed E-state index contributed by atoms with van der Waals surface area (Å²) in [7, 11) is 0. The molecule has 0 aromatic heterocycles. The second-order valence-electron chi connectivity index (χ2n) is 8.71. The third-order valence-corrected chi connectivity index (χ3v) is 4.92. The normalized spacial score (nSPS) is 10.2. The minimum atomic E-state index is -0.310. The van der Waals surface area contributed by atoms with E-state index in [1.165, 1.54) is 70.3 Å². The van der Waals surface area contributed by atoms with Crippen molar-refractivity contribution in [2.24, 2.45) is 5.92 Å². The lowest BCUT2D eigenvalue weighted by atomic mass is 10.0. The Bertz CT molecular complexity index is 454. The maximum Gasteiger partial charge on any atom is 0.333 e. The second kappa shape index (κ2) is 24.7. The van der Waals surface area contributed by atoms with E-state index in [1.54, 1.807) is 6.92 Å². The van der Waals surface area contributed by atoms with Gasteiger partial charge in [-0.05, 0) is 25.7 Å². The largest absolute Gasteiger partial charge is 0.463 e. The van der Waals surface area contributed by atoms with Crippen LogP contribution in [-0.4, -0.2) is 25.2 Å². The van der Waals surface area contributed by atoms with Gasteiger partial charge in [-0.2, -0.15) is 0 Å². The predicted molar refractivity (Wildman–Crippen MR) is 132 cm³/mol. The van der Waals surface area contributed by atoms with Gasteiger partial charge in [-0.3, -0.25) is 0 Å². The molecule has 0 heterocycles. The molecule has 0 rings (SSSR count). The molecule has 0 saturated heterocycles. The van der Waals surface area contributed by atoms with Crippen molar-refractivity contribution >= 4 is 11.9 Å². The Morgan fingerprint density at radius 3 is 1.68 bits per heavy atom. The number of esters is 2. The number of carbonyl (C=O) groups is 2. The molecule has 0 spiro atoms. The monoisotopic (exact) mass is 438 g/mol. The highest BCUT2D eigenvalue weighted by molar-refractivity contribution is 5.86. The van der Waals surface area contributed by atoms with Gasteiger partial charge in [0.2, 0.25) is 0 Å². The molecule has 182 valence electrons. The first kappa shape index (κ1) is 31.6. The molecule has 0 fully saturated rings. The fraction of sp³-hybridized carbons (Fsp3) is 0.778. The van der Waals surface area contributed by atoms with Crippen LogP contribution in [-0.2, 0) is 19.1 Å². The Kier molecular flexibility index (Phi) is 25.2. The minimum Gasteiger partial charge on any atom is -0.463 e. The van der Waals surface area contributed by atoms with Crippen LogP contribution in [0.1, 0.15) is 118 Å². The van der Waals surface area contributed by atoms with Gasteiger partial charge >= 0.3 is 11.9 Å². The third kappa shape index (κ3) is 28.4. The number of hydrogen-bond donors (Lipinski definition) is 0. The van der Waals surface area contributed by atoms with E-state index >= 15 is 0 Å². The maximum absolute atomic E-state index is 11.0. The van der Waals surface area contributed by atoms with Crippen LogP contribution in [0.5, 0.6) is 0 Å². The van der Waals surface area contributed by atoms with E-state index in [1.807, 2.05) is 0 Å². The Hall–Kier alpha value is -1.58. The quantitative estimate of drug-likeness (QED) is 0.117. The third-order valence-electron chi connectivity index (χ3n) is 4.92. The first-order chi connectivity index (χ1) is 14.8. The number of carbonyl (C=O) groups excluding carboxylic acids is 2. The predicted octanol–water partition coefficient (Wildman–Crippen LogP) is 7.96. The summed E-state index contributed by atoms with van der Waals surface area (Å²) in [6.07, 6.45) is 18.6. The van der Waals surface area contributed by atoms with E-state index < -0.39 is 0 Å². The van der Waals surface area contributed by atoms with Crippen LogP contribution in [0.15, 0.2) is 24.8 Å². The van der Waals surface area contributed by atoms with Crippen molar-refractivity contribution in [3.63, 3.8) is 0 Å². The van der Waals surface area contributed by atoms with E-state index in [-0.39, 0.29) is 11.9 Å². The lowest BCUT2D eigenvalue weighted by Crippen LogP contribution is -2.05. The summed E-state index contributed by atoms with van der Waals surface area (Å²) in [5.41, 5.74) is 0.486. The average molecular weight is 439 g/mol. The van der Waals surface area contributed by atoms with Crippen molar-refractivity contribution in [1.82, 2.24) is 0 Å². The Labute approximate surface area is 192 Å². The highest BCUT2D eigenvalue weighted by Gasteiger charge is 2.01. The molecule has 4 nitrogen and oxygen atoms in total. The molecule has 4 heteroatoms. The summed E-state index contributed by atoms with van der Waals surface area (Å²) in [5, 5.41) is 0. The molecular formula is C27H50O4. The van der Waals surface area contributed by atoms with Gasteiger partial charge in [-0.1, -0.05) is 111 Å². The molecule has 0 radical (unpaired) electrons. The fourth-order valence-electron chi connectivity index (χ4n) is 2.94. The first-order valence-electron chi connectivity index (χ1n) is 12.5. The topological polar surface area (TPSA) is 52.6 Å². The van der Waals surface area contributed by atoms with Crippen molar-refractivity contribution in [3.05, 3.63) is 24.8 Å². The summed E-state index contributed by atoms with van der Waals surface area (Å²) < 4.78 is 9.89. The Morgan fingerprint density at radius 1 is 0.774 bits per heavy atom. The van der Waals surface area contributed by atoms with E-state index in [9.17, 15) is 9.59 Å². The molecule has 0 amide bonds. The second-order valence-corrected chi connectivity index (χ2v) is 8.71. The van der Waals surface area contributed by atoms with Crippen molar-refractivity contribution in [2.75, 3.05) is 13.2 Å². The molecule has 0 aliphatic heterocycles. The van der Waals surface area contributed by atoms with Gasteiger partial charge in [0.15, 0.2) is 0 Å². The molecule has 31 heavy (non-hydrogen) atoms. The first-order valence-corrected chi connectivity index (χ1v) is 12.5. The molecule has 0 aliphatic carbocycles. The van der Waals surface area contributed by atoms with Crippen LogP contribution in [0.3, 0.4) is 0 Å². The molecule has 0 atom stereocenters. The molecule has 0 unspecified atom stereocenters. The average Bonchev–Trinajstić information content (AvgIpc) is 2.74. The van der Waals surface area contributed by atoms with E-state index in [4.69, 9.17) is 9.47 Å². The smallest absolute Gasteiger partial charge is 0.333 e. The molecule has 0 bridgehead atoms. The fourth-order valence-corrected chi connectivity index (χ4v) is 2.94. The SMILES string of the molecule is C=C(C)C(=O)OCCCCCCCCCC.C=CC(=O)OCCCCCCCC(C)C. The van der Waals surface area contributed by atoms with Crippen LogP contribution < -0.4 is 0 Å². The number of hydrogen-bond acceptors (Lipinski definition) is 4.